The van der Waals surface area contributed by atoms with E-state index in [0.717, 1.165) is 36.1 Å². The first-order chi connectivity index (χ1) is 14.0. The van der Waals surface area contributed by atoms with E-state index in [9.17, 15) is 8.42 Å². The van der Waals surface area contributed by atoms with E-state index in [2.05, 4.69) is 17.5 Å². The van der Waals surface area contributed by atoms with Crippen LogP contribution in [0.15, 0.2) is 53.4 Å². The molecule has 4 nitrogen and oxygen atoms in total. The van der Waals surface area contributed by atoms with Crippen LogP contribution in [0.2, 0.25) is 10.0 Å². The molecule has 2 aliphatic heterocycles. The fourth-order valence-electron chi connectivity index (χ4n) is 4.88. The van der Waals surface area contributed by atoms with Crippen LogP contribution in [0.4, 0.5) is 5.69 Å². The molecule has 2 heterocycles. The van der Waals surface area contributed by atoms with Crippen LogP contribution < -0.4 is 5.32 Å². The average Bonchev–Trinajstić information content (AvgIpc) is 3.42. The number of hydrogen-bond acceptors (Lipinski definition) is 3. The zero-order chi connectivity index (χ0) is 20.2. The van der Waals surface area contributed by atoms with Crippen molar-refractivity contribution in [1.29, 1.82) is 0 Å². The van der Waals surface area contributed by atoms with Crippen molar-refractivity contribution in [3.05, 3.63) is 69.7 Å². The van der Waals surface area contributed by atoms with Gasteiger partial charge in [0.05, 0.1) is 21.0 Å². The third-order valence-corrected chi connectivity index (χ3v) is 9.08. The second-order valence-electron chi connectivity index (χ2n) is 7.98. The topological polar surface area (TPSA) is 49.4 Å². The number of halogens is 2. The predicted octanol–water partition coefficient (Wildman–Crippen LogP) is 5.60. The lowest BCUT2D eigenvalue weighted by Crippen LogP contribution is -2.31. The Bertz CT molecular complexity index is 1090. The first kappa shape index (κ1) is 19.4. The summed E-state index contributed by atoms with van der Waals surface area (Å²) in [5.41, 5.74) is 2.98. The minimum absolute atomic E-state index is 0.0229. The number of sulfonamides is 1. The van der Waals surface area contributed by atoms with E-state index < -0.39 is 10.0 Å². The van der Waals surface area contributed by atoms with Crippen molar-refractivity contribution in [1.82, 2.24) is 4.31 Å². The first-order valence-corrected chi connectivity index (χ1v) is 12.2. The number of nitrogens with zero attached hydrogens (tertiary/aromatic N) is 1. The lowest BCUT2D eigenvalue weighted by Gasteiger charge is -2.38. The molecular weight excluding hydrogens is 427 g/mol. The highest BCUT2D eigenvalue weighted by molar-refractivity contribution is 7.89. The summed E-state index contributed by atoms with van der Waals surface area (Å²) in [6, 6.07) is 11.2. The molecule has 2 aromatic carbocycles. The van der Waals surface area contributed by atoms with Crippen molar-refractivity contribution in [3.63, 3.8) is 0 Å². The lowest BCUT2D eigenvalue weighted by molar-refractivity contribution is 0.425. The summed E-state index contributed by atoms with van der Waals surface area (Å²) in [6.07, 6.45) is 7.15. The van der Waals surface area contributed by atoms with Crippen molar-refractivity contribution in [2.45, 2.75) is 36.1 Å². The van der Waals surface area contributed by atoms with Gasteiger partial charge in [0.2, 0.25) is 10.0 Å². The van der Waals surface area contributed by atoms with Crippen LogP contribution in [-0.4, -0.2) is 25.8 Å². The molecule has 2 aromatic rings. The summed E-state index contributed by atoms with van der Waals surface area (Å²) in [5.74, 6) is 0.420. The molecule has 3 atom stereocenters. The monoisotopic (exact) mass is 448 g/mol. The Labute approximate surface area is 181 Å². The summed E-state index contributed by atoms with van der Waals surface area (Å²) >= 11 is 12.8. The molecule has 0 bridgehead atoms. The van der Waals surface area contributed by atoms with Crippen LogP contribution in [0.5, 0.6) is 0 Å². The number of rotatable bonds is 3. The molecule has 0 amide bonds. The van der Waals surface area contributed by atoms with Crippen molar-refractivity contribution in [2.75, 3.05) is 18.4 Å². The second-order valence-corrected chi connectivity index (χ2v) is 10.7. The number of anilines is 1. The van der Waals surface area contributed by atoms with Crippen molar-refractivity contribution < 1.29 is 8.42 Å². The number of allylic oxidation sites excluding steroid dienone is 2. The van der Waals surface area contributed by atoms with Gasteiger partial charge < -0.3 is 5.32 Å². The molecule has 1 saturated heterocycles. The molecule has 0 spiro atoms. The molecule has 5 rings (SSSR count). The summed E-state index contributed by atoms with van der Waals surface area (Å²) in [7, 11) is -3.44. The molecule has 0 aromatic heterocycles. The van der Waals surface area contributed by atoms with Crippen LogP contribution >= 0.6 is 23.2 Å². The minimum atomic E-state index is -3.44. The molecule has 7 heteroatoms. The van der Waals surface area contributed by atoms with E-state index in [-0.39, 0.29) is 17.9 Å². The molecule has 0 saturated carbocycles. The maximum atomic E-state index is 13.0. The molecule has 1 N–H and O–H groups in total. The largest absolute Gasteiger partial charge is 0.378 e. The number of hydrogen-bond donors (Lipinski definition) is 1. The van der Waals surface area contributed by atoms with Gasteiger partial charge in [-0.15, -0.1) is 0 Å². The van der Waals surface area contributed by atoms with Gasteiger partial charge in [0.15, 0.2) is 0 Å². The molecule has 1 fully saturated rings. The SMILES string of the molecule is O=S(=O)(c1ccc2c(c1)C1C=CCC1C(c1cccc(Cl)c1Cl)N2)N1CCCC1. The van der Waals surface area contributed by atoms with Crippen molar-refractivity contribution in [2.24, 2.45) is 5.92 Å². The summed E-state index contributed by atoms with van der Waals surface area (Å²) < 4.78 is 27.7. The van der Waals surface area contributed by atoms with E-state index in [1.807, 2.05) is 24.3 Å². The van der Waals surface area contributed by atoms with Crippen LogP contribution in [0.1, 0.15) is 42.3 Å². The van der Waals surface area contributed by atoms with Gasteiger partial charge in [-0.2, -0.15) is 4.31 Å². The van der Waals surface area contributed by atoms with Gasteiger partial charge in [0, 0.05) is 24.7 Å². The van der Waals surface area contributed by atoms with E-state index in [1.165, 1.54) is 0 Å². The van der Waals surface area contributed by atoms with Gasteiger partial charge in [-0.25, -0.2) is 8.42 Å². The predicted molar refractivity (Wildman–Crippen MR) is 117 cm³/mol. The van der Waals surface area contributed by atoms with Gasteiger partial charge in [0.25, 0.3) is 0 Å². The minimum Gasteiger partial charge on any atom is -0.378 e. The molecule has 1 aliphatic carbocycles. The van der Waals surface area contributed by atoms with Gasteiger partial charge >= 0.3 is 0 Å². The Morgan fingerprint density at radius 2 is 1.83 bits per heavy atom. The standard InChI is InChI=1S/C22H22Cl2N2O2S/c23-19-8-4-7-17(21(19)24)22-16-6-3-5-15(16)18-13-14(9-10-20(18)25-22)29(27,28)26-11-1-2-12-26/h3-5,7-10,13,15-16,22,25H,1-2,6,11-12H2. The van der Waals surface area contributed by atoms with E-state index in [4.69, 9.17) is 23.2 Å². The Balaban J connectivity index is 1.55. The van der Waals surface area contributed by atoms with Crippen LogP contribution in [0.25, 0.3) is 0 Å². The molecule has 3 aliphatic rings. The Morgan fingerprint density at radius 1 is 1.03 bits per heavy atom. The third kappa shape index (κ3) is 3.19. The van der Waals surface area contributed by atoms with Crippen LogP contribution in [0, 0.1) is 5.92 Å². The van der Waals surface area contributed by atoms with Gasteiger partial charge in [-0.1, -0.05) is 47.5 Å². The Hall–Kier alpha value is -1.53. The van der Waals surface area contributed by atoms with Crippen LogP contribution in [0.3, 0.4) is 0 Å². The zero-order valence-corrected chi connectivity index (χ0v) is 18.1. The highest BCUT2D eigenvalue weighted by Gasteiger charge is 2.39. The van der Waals surface area contributed by atoms with E-state index >= 15 is 0 Å². The third-order valence-electron chi connectivity index (χ3n) is 6.35. The smallest absolute Gasteiger partial charge is 0.243 e. The molecule has 152 valence electrons. The number of nitrogens with one attached hydrogen (secondary N) is 1. The van der Waals surface area contributed by atoms with Gasteiger partial charge in [-0.05, 0) is 60.6 Å². The maximum Gasteiger partial charge on any atom is 0.243 e. The summed E-state index contributed by atoms with van der Waals surface area (Å²) in [5, 5.41) is 4.73. The quantitative estimate of drug-likeness (QED) is 0.621. The average molecular weight is 449 g/mol. The highest BCUT2D eigenvalue weighted by atomic mass is 35.5. The molecule has 29 heavy (non-hydrogen) atoms. The molecular formula is C22H22Cl2N2O2S. The fourth-order valence-corrected chi connectivity index (χ4v) is 6.86. The van der Waals surface area contributed by atoms with Gasteiger partial charge in [-0.3, -0.25) is 0 Å². The second kappa shape index (κ2) is 7.31. The maximum absolute atomic E-state index is 13.0. The van der Waals surface area contributed by atoms with Crippen molar-refractivity contribution >= 4 is 38.9 Å². The van der Waals surface area contributed by atoms with E-state index in [0.29, 0.717) is 28.0 Å². The molecule has 3 unspecified atom stereocenters. The number of benzene rings is 2. The highest BCUT2D eigenvalue weighted by Crippen LogP contribution is 2.51. The fraction of sp³-hybridized carbons (Fsp3) is 0.364. The Morgan fingerprint density at radius 3 is 2.62 bits per heavy atom. The van der Waals surface area contributed by atoms with Crippen LogP contribution in [-0.2, 0) is 10.0 Å². The summed E-state index contributed by atoms with van der Waals surface area (Å²) in [4.78, 5) is 0.387. The molecule has 0 radical (unpaired) electrons. The van der Waals surface area contributed by atoms with Gasteiger partial charge in [0.1, 0.15) is 0 Å². The first-order valence-electron chi connectivity index (χ1n) is 9.98. The van der Waals surface area contributed by atoms with E-state index in [1.54, 1.807) is 16.4 Å². The number of fused-ring (bicyclic) bond motifs is 3. The van der Waals surface area contributed by atoms with Crippen molar-refractivity contribution in [3.8, 4) is 0 Å². The normalized spacial score (nSPS) is 26.2. The Kier molecular flexibility index (Phi) is 4.90. The summed E-state index contributed by atoms with van der Waals surface area (Å²) in [6.45, 7) is 1.22. The lowest BCUT2D eigenvalue weighted by atomic mass is 9.77. The zero-order valence-electron chi connectivity index (χ0n) is 15.8.